The first-order valence-corrected chi connectivity index (χ1v) is 8.27. The lowest BCUT2D eigenvalue weighted by Crippen LogP contribution is -2.34. The van der Waals surface area contributed by atoms with Gasteiger partial charge in [0.05, 0.1) is 5.71 Å². The number of carbonyl (C=O) groups is 1. The highest BCUT2D eigenvalue weighted by Gasteiger charge is 2.22. The lowest BCUT2D eigenvalue weighted by molar-refractivity contribution is -0.118. The number of hydrogen-bond donors (Lipinski definition) is 1. The van der Waals surface area contributed by atoms with E-state index in [1.165, 1.54) is 12.3 Å². The Bertz CT molecular complexity index is 756. The predicted molar refractivity (Wildman–Crippen MR) is 93.3 cm³/mol. The summed E-state index contributed by atoms with van der Waals surface area (Å²) in [6.07, 6.45) is 4.90. The molecule has 126 valence electrons. The smallest absolute Gasteiger partial charge is 0.268 e. The normalized spacial score (nSPS) is 15.8. The number of amides is 1. The summed E-state index contributed by atoms with van der Waals surface area (Å²) in [5.74, 6) is -1.66. The minimum Gasteiger partial charge on any atom is -0.347 e. The number of halogens is 3. The first-order chi connectivity index (χ1) is 11.5. The van der Waals surface area contributed by atoms with Crippen LogP contribution in [-0.2, 0) is 11.3 Å². The first-order valence-electron chi connectivity index (χ1n) is 7.15. The third-order valence-corrected chi connectivity index (χ3v) is 3.89. The van der Waals surface area contributed by atoms with Gasteiger partial charge in [-0.05, 0) is 36.8 Å². The summed E-state index contributed by atoms with van der Waals surface area (Å²) in [6, 6.07) is 3.50. The number of alkyl halides is 1. The maximum Gasteiger partial charge on any atom is 0.268 e. The van der Waals surface area contributed by atoms with Crippen LogP contribution in [0.3, 0.4) is 0 Å². The van der Waals surface area contributed by atoms with E-state index in [9.17, 15) is 13.6 Å². The van der Waals surface area contributed by atoms with Crippen LogP contribution in [0.1, 0.15) is 12.5 Å². The summed E-state index contributed by atoms with van der Waals surface area (Å²) < 4.78 is 26.2. The van der Waals surface area contributed by atoms with E-state index >= 15 is 0 Å². The lowest BCUT2D eigenvalue weighted by atomic mass is 10.2. The first kappa shape index (κ1) is 18.1. The number of carbonyl (C=O) groups excluding carboxylic acids is 1. The molecule has 0 radical (unpaired) electrons. The molecule has 0 saturated heterocycles. The molecule has 4 nitrogen and oxygen atoms in total. The number of nitrogens with one attached hydrogen (secondary N) is 1. The highest BCUT2D eigenvalue weighted by Crippen LogP contribution is 2.21. The van der Waals surface area contributed by atoms with E-state index in [0.29, 0.717) is 28.1 Å². The standard InChI is InChI=1S/C17H16BrF2N3O/c1-3-16-22-12(9-18)8-15(23(16)4-2)17(24)21-10-11-5-6-13(19)14(20)7-11/h3-8H,2,9-10H2,1H3,(H,21,24)/b16-3-. The van der Waals surface area contributed by atoms with Crippen molar-refractivity contribution in [2.45, 2.75) is 13.5 Å². The van der Waals surface area contributed by atoms with Crippen LogP contribution in [-0.4, -0.2) is 21.8 Å². The Hall–Kier alpha value is -2.28. The van der Waals surface area contributed by atoms with Crippen molar-refractivity contribution in [1.29, 1.82) is 0 Å². The van der Waals surface area contributed by atoms with Crippen LogP contribution in [0.2, 0.25) is 0 Å². The highest BCUT2D eigenvalue weighted by molar-refractivity contribution is 9.09. The number of hydrogen-bond acceptors (Lipinski definition) is 3. The van der Waals surface area contributed by atoms with Gasteiger partial charge in [0.25, 0.3) is 5.91 Å². The molecule has 0 spiro atoms. The average Bonchev–Trinajstić information content (AvgIpc) is 2.60. The SMILES string of the molecule is C=CN1C(C(=O)NCc2ccc(F)c(F)c2)=CC(CBr)=N/C1=C/C. The molecule has 2 rings (SSSR count). The molecule has 1 aliphatic heterocycles. The van der Waals surface area contributed by atoms with Gasteiger partial charge in [0, 0.05) is 18.1 Å². The zero-order chi connectivity index (χ0) is 17.7. The molecule has 1 N–H and O–H groups in total. The van der Waals surface area contributed by atoms with E-state index in [4.69, 9.17) is 0 Å². The average molecular weight is 396 g/mol. The largest absolute Gasteiger partial charge is 0.347 e. The van der Waals surface area contributed by atoms with Crippen molar-refractivity contribution in [3.63, 3.8) is 0 Å². The van der Waals surface area contributed by atoms with Gasteiger partial charge in [-0.1, -0.05) is 28.6 Å². The third-order valence-electron chi connectivity index (χ3n) is 3.32. The maximum atomic E-state index is 13.2. The van der Waals surface area contributed by atoms with E-state index in [1.807, 2.05) is 6.92 Å². The minimum atomic E-state index is -0.948. The fourth-order valence-electron chi connectivity index (χ4n) is 2.15. The molecule has 0 bridgehead atoms. The molecular weight excluding hydrogens is 380 g/mol. The van der Waals surface area contributed by atoms with Gasteiger partial charge in [-0.2, -0.15) is 0 Å². The Labute approximate surface area is 147 Å². The van der Waals surface area contributed by atoms with Crippen LogP contribution in [0, 0.1) is 11.6 Å². The topological polar surface area (TPSA) is 44.7 Å². The molecular formula is C17H16BrF2N3O. The number of rotatable bonds is 5. The fraction of sp³-hybridized carbons (Fsp3) is 0.176. The predicted octanol–water partition coefficient (Wildman–Crippen LogP) is 3.62. The van der Waals surface area contributed by atoms with Crippen LogP contribution < -0.4 is 5.32 Å². The second-order valence-electron chi connectivity index (χ2n) is 4.90. The summed E-state index contributed by atoms with van der Waals surface area (Å²) in [5.41, 5.74) is 1.51. The summed E-state index contributed by atoms with van der Waals surface area (Å²) in [5, 5.41) is 3.18. The number of nitrogens with zero attached hydrogens (tertiary/aromatic N) is 2. The van der Waals surface area contributed by atoms with Crippen molar-refractivity contribution in [2.24, 2.45) is 4.99 Å². The molecule has 0 aromatic heterocycles. The molecule has 0 aliphatic carbocycles. The Morgan fingerprint density at radius 2 is 2.17 bits per heavy atom. The summed E-state index contributed by atoms with van der Waals surface area (Å²) >= 11 is 3.32. The summed E-state index contributed by atoms with van der Waals surface area (Å²) in [4.78, 5) is 18.4. The minimum absolute atomic E-state index is 0.0737. The van der Waals surface area contributed by atoms with Gasteiger partial charge in [0.15, 0.2) is 11.6 Å². The Morgan fingerprint density at radius 3 is 2.75 bits per heavy atom. The molecule has 7 heteroatoms. The molecule has 0 unspecified atom stereocenters. The molecule has 1 aromatic rings. The van der Waals surface area contributed by atoms with Gasteiger partial charge < -0.3 is 5.32 Å². The van der Waals surface area contributed by atoms with Gasteiger partial charge in [-0.15, -0.1) is 0 Å². The van der Waals surface area contributed by atoms with E-state index in [1.54, 1.807) is 17.1 Å². The monoisotopic (exact) mass is 395 g/mol. The van der Waals surface area contributed by atoms with E-state index in [-0.39, 0.29) is 12.5 Å². The van der Waals surface area contributed by atoms with E-state index in [0.717, 1.165) is 12.1 Å². The van der Waals surface area contributed by atoms with Gasteiger partial charge in [-0.3, -0.25) is 9.69 Å². The molecule has 24 heavy (non-hydrogen) atoms. The van der Waals surface area contributed by atoms with Crippen molar-refractivity contribution in [1.82, 2.24) is 10.2 Å². The second-order valence-corrected chi connectivity index (χ2v) is 5.46. The second kappa shape index (κ2) is 8.01. The van der Waals surface area contributed by atoms with E-state index < -0.39 is 11.6 Å². The van der Waals surface area contributed by atoms with Crippen molar-refractivity contribution in [3.05, 3.63) is 71.8 Å². The molecule has 0 saturated carbocycles. The summed E-state index contributed by atoms with van der Waals surface area (Å²) in [7, 11) is 0. The maximum absolute atomic E-state index is 13.2. The summed E-state index contributed by atoms with van der Waals surface area (Å²) in [6.45, 7) is 5.58. The van der Waals surface area contributed by atoms with Gasteiger partial charge >= 0.3 is 0 Å². The zero-order valence-electron chi connectivity index (χ0n) is 13.0. The molecule has 0 atom stereocenters. The van der Waals surface area contributed by atoms with Crippen LogP contribution in [0.15, 0.2) is 59.6 Å². The Morgan fingerprint density at radius 1 is 1.42 bits per heavy atom. The molecule has 1 heterocycles. The Balaban J connectivity index is 2.17. The quantitative estimate of drug-likeness (QED) is 0.773. The number of allylic oxidation sites excluding steroid dienone is 2. The lowest BCUT2D eigenvalue weighted by Gasteiger charge is -2.26. The van der Waals surface area contributed by atoms with Crippen molar-refractivity contribution < 1.29 is 13.6 Å². The van der Waals surface area contributed by atoms with Gasteiger partial charge in [0.1, 0.15) is 11.5 Å². The fourth-order valence-corrected chi connectivity index (χ4v) is 2.43. The zero-order valence-corrected chi connectivity index (χ0v) is 14.6. The molecule has 1 amide bonds. The molecule has 0 fully saturated rings. The van der Waals surface area contributed by atoms with Crippen LogP contribution in [0.5, 0.6) is 0 Å². The van der Waals surface area contributed by atoms with Crippen molar-refractivity contribution >= 4 is 27.5 Å². The third kappa shape index (κ3) is 3.97. The van der Waals surface area contributed by atoms with Gasteiger partial charge in [-0.25, -0.2) is 13.8 Å². The van der Waals surface area contributed by atoms with Crippen LogP contribution >= 0.6 is 15.9 Å². The molecule has 1 aliphatic rings. The Kier molecular flexibility index (Phi) is 6.03. The van der Waals surface area contributed by atoms with Crippen LogP contribution in [0.4, 0.5) is 8.78 Å². The molecule has 1 aromatic carbocycles. The van der Waals surface area contributed by atoms with Crippen LogP contribution in [0.25, 0.3) is 0 Å². The number of aliphatic imine (C=N–C) groups is 1. The number of benzene rings is 1. The highest BCUT2D eigenvalue weighted by atomic mass is 79.9. The van der Waals surface area contributed by atoms with Crippen molar-refractivity contribution in [3.8, 4) is 0 Å². The van der Waals surface area contributed by atoms with Crippen molar-refractivity contribution in [2.75, 3.05) is 5.33 Å². The van der Waals surface area contributed by atoms with Gasteiger partial charge in [0.2, 0.25) is 0 Å². The van der Waals surface area contributed by atoms with E-state index in [2.05, 4.69) is 32.8 Å².